The van der Waals surface area contributed by atoms with Crippen LogP contribution in [0.15, 0.2) is 48.5 Å². The molecule has 0 atom stereocenters. The standard InChI is InChI=1S/C16H19NO2/c1-13-3-2-4-16(11-13)19-10-9-18-15-7-5-14(12-17)6-8-15/h2-8,11H,9-10,12,17H2,1H3. The van der Waals surface area contributed by atoms with Crippen molar-refractivity contribution in [3.8, 4) is 11.5 Å². The van der Waals surface area contributed by atoms with Crippen LogP contribution in [0, 0.1) is 6.92 Å². The van der Waals surface area contributed by atoms with Gasteiger partial charge in [-0.1, -0.05) is 24.3 Å². The summed E-state index contributed by atoms with van der Waals surface area (Å²) in [4.78, 5) is 0. The van der Waals surface area contributed by atoms with Crippen molar-refractivity contribution in [1.82, 2.24) is 0 Å². The Balaban J connectivity index is 1.74. The van der Waals surface area contributed by atoms with Crippen molar-refractivity contribution in [2.24, 2.45) is 5.73 Å². The van der Waals surface area contributed by atoms with Gasteiger partial charge >= 0.3 is 0 Å². The highest BCUT2D eigenvalue weighted by Gasteiger charge is 1.96. The number of benzene rings is 2. The molecule has 0 radical (unpaired) electrons. The van der Waals surface area contributed by atoms with Gasteiger partial charge in [-0.05, 0) is 42.3 Å². The Kier molecular flexibility index (Phi) is 4.81. The lowest BCUT2D eigenvalue weighted by molar-refractivity contribution is 0.217. The fraction of sp³-hybridized carbons (Fsp3) is 0.250. The van der Waals surface area contributed by atoms with Crippen LogP contribution in [0.2, 0.25) is 0 Å². The number of rotatable bonds is 6. The predicted molar refractivity (Wildman–Crippen MR) is 76.5 cm³/mol. The monoisotopic (exact) mass is 257 g/mol. The van der Waals surface area contributed by atoms with Crippen LogP contribution >= 0.6 is 0 Å². The Hall–Kier alpha value is -2.00. The fourth-order valence-electron chi connectivity index (χ4n) is 1.75. The van der Waals surface area contributed by atoms with Crippen molar-refractivity contribution in [2.45, 2.75) is 13.5 Å². The van der Waals surface area contributed by atoms with Crippen LogP contribution in [-0.2, 0) is 6.54 Å². The minimum Gasteiger partial charge on any atom is -0.490 e. The van der Waals surface area contributed by atoms with E-state index in [1.807, 2.05) is 55.5 Å². The van der Waals surface area contributed by atoms with Crippen molar-refractivity contribution in [1.29, 1.82) is 0 Å². The molecule has 2 rings (SSSR count). The molecule has 0 heterocycles. The molecule has 0 aromatic heterocycles. The molecule has 19 heavy (non-hydrogen) atoms. The van der Waals surface area contributed by atoms with E-state index in [0.29, 0.717) is 19.8 Å². The number of hydrogen-bond acceptors (Lipinski definition) is 3. The van der Waals surface area contributed by atoms with E-state index in [1.165, 1.54) is 5.56 Å². The van der Waals surface area contributed by atoms with Gasteiger partial charge in [0.1, 0.15) is 24.7 Å². The predicted octanol–water partition coefficient (Wildman–Crippen LogP) is 2.91. The molecule has 0 saturated carbocycles. The summed E-state index contributed by atoms with van der Waals surface area (Å²) in [7, 11) is 0. The van der Waals surface area contributed by atoms with Crippen molar-refractivity contribution in [3.63, 3.8) is 0 Å². The van der Waals surface area contributed by atoms with Crippen LogP contribution in [-0.4, -0.2) is 13.2 Å². The maximum Gasteiger partial charge on any atom is 0.122 e. The number of ether oxygens (including phenoxy) is 2. The molecule has 0 spiro atoms. The maximum absolute atomic E-state index is 5.61. The second kappa shape index (κ2) is 6.81. The zero-order valence-electron chi connectivity index (χ0n) is 11.1. The van der Waals surface area contributed by atoms with Gasteiger partial charge in [-0.25, -0.2) is 0 Å². The summed E-state index contributed by atoms with van der Waals surface area (Å²) < 4.78 is 11.2. The van der Waals surface area contributed by atoms with Gasteiger partial charge in [0.15, 0.2) is 0 Å². The van der Waals surface area contributed by atoms with Gasteiger partial charge in [0.05, 0.1) is 0 Å². The third-order valence-electron chi connectivity index (χ3n) is 2.77. The van der Waals surface area contributed by atoms with E-state index < -0.39 is 0 Å². The van der Waals surface area contributed by atoms with Gasteiger partial charge in [0.2, 0.25) is 0 Å². The van der Waals surface area contributed by atoms with Gasteiger partial charge in [-0.3, -0.25) is 0 Å². The second-order valence-electron chi connectivity index (χ2n) is 4.36. The lowest BCUT2D eigenvalue weighted by Crippen LogP contribution is -2.09. The third-order valence-corrected chi connectivity index (χ3v) is 2.77. The fourth-order valence-corrected chi connectivity index (χ4v) is 1.75. The minimum atomic E-state index is 0.524. The number of aryl methyl sites for hydroxylation is 1. The molecule has 0 aliphatic carbocycles. The van der Waals surface area contributed by atoms with Crippen molar-refractivity contribution >= 4 is 0 Å². The normalized spacial score (nSPS) is 10.2. The summed E-state index contributed by atoms with van der Waals surface area (Å²) in [6.07, 6.45) is 0. The van der Waals surface area contributed by atoms with Gasteiger partial charge in [-0.2, -0.15) is 0 Å². The number of hydrogen-bond donors (Lipinski definition) is 1. The van der Waals surface area contributed by atoms with Crippen LogP contribution in [0.4, 0.5) is 0 Å². The lowest BCUT2D eigenvalue weighted by atomic mass is 10.2. The van der Waals surface area contributed by atoms with E-state index in [9.17, 15) is 0 Å². The van der Waals surface area contributed by atoms with E-state index in [0.717, 1.165) is 17.1 Å². The first-order valence-electron chi connectivity index (χ1n) is 6.39. The highest BCUT2D eigenvalue weighted by Crippen LogP contribution is 2.13. The van der Waals surface area contributed by atoms with Crippen molar-refractivity contribution in [3.05, 3.63) is 59.7 Å². The highest BCUT2D eigenvalue weighted by molar-refractivity contribution is 5.28. The molecule has 2 aromatic carbocycles. The zero-order valence-corrected chi connectivity index (χ0v) is 11.1. The molecule has 2 N–H and O–H groups in total. The molecule has 3 heteroatoms. The smallest absolute Gasteiger partial charge is 0.122 e. The minimum absolute atomic E-state index is 0.524. The summed E-state index contributed by atoms with van der Waals surface area (Å²) in [5, 5.41) is 0. The first-order valence-corrected chi connectivity index (χ1v) is 6.39. The average molecular weight is 257 g/mol. The van der Waals surface area contributed by atoms with Crippen LogP contribution in [0.5, 0.6) is 11.5 Å². The molecule has 2 aromatic rings. The Morgan fingerprint density at radius 3 is 2.21 bits per heavy atom. The van der Waals surface area contributed by atoms with Gasteiger partial charge in [0, 0.05) is 6.54 Å². The zero-order chi connectivity index (χ0) is 13.5. The largest absolute Gasteiger partial charge is 0.490 e. The molecule has 0 saturated heterocycles. The molecule has 3 nitrogen and oxygen atoms in total. The Labute approximate surface area is 114 Å². The molecule has 0 aliphatic heterocycles. The first kappa shape index (κ1) is 13.4. The van der Waals surface area contributed by atoms with Gasteiger partial charge in [-0.15, -0.1) is 0 Å². The van der Waals surface area contributed by atoms with Crippen LogP contribution in [0.3, 0.4) is 0 Å². The molecule has 0 unspecified atom stereocenters. The summed E-state index contributed by atoms with van der Waals surface area (Å²) in [5.74, 6) is 1.71. The van der Waals surface area contributed by atoms with Gasteiger partial charge < -0.3 is 15.2 Å². The summed E-state index contributed by atoms with van der Waals surface area (Å²) in [6.45, 7) is 3.65. The summed E-state index contributed by atoms with van der Waals surface area (Å²) in [5.41, 5.74) is 7.83. The molecule has 0 aliphatic rings. The Bertz CT molecular complexity index is 508. The van der Waals surface area contributed by atoms with E-state index >= 15 is 0 Å². The third kappa shape index (κ3) is 4.30. The lowest BCUT2D eigenvalue weighted by Gasteiger charge is -2.09. The van der Waals surface area contributed by atoms with Gasteiger partial charge in [0.25, 0.3) is 0 Å². The summed E-state index contributed by atoms with van der Waals surface area (Å²) in [6, 6.07) is 15.8. The van der Waals surface area contributed by atoms with Crippen LogP contribution in [0.25, 0.3) is 0 Å². The van der Waals surface area contributed by atoms with Crippen molar-refractivity contribution < 1.29 is 9.47 Å². The topological polar surface area (TPSA) is 44.5 Å². The first-order chi connectivity index (χ1) is 9.28. The maximum atomic E-state index is 5.61. The van der Waals surface area contributed by atoms with E-state index in [2.05, 4.69) is 0 Å². The molecular formula is C16H19NO2. The highest BCUT2D eigenvalue weighted by atomic mass is 16.5. The number of nitrogens with two attached hydrogens (primary N) is 1. The Morgan fingerprint density at radius 1 is 0.895 bits per heavy atom. The van der Waals surface area contributed by atoms with E-state index in [1.54, 1.807) is 0 Å². The quantitative estimate of drug-likeness (QED) is 0.809. The summed E-state index contributed by atoms with van der Waals surface area (Å²) >= 11 is 0. The second-order valence-corrected chi connectivity index (χ2v) is 4.36. The molecule has 100 valence electrons. The van der Waals surface area contributed by atoms with Crippen molar-refractivity contribution in [2.75, 3.05) is 13.2 Å². The average Bonchev–Trinajstić information content (AvgIpc) is 2.44. The Morgan fingerprint density at radius 2 is 1.58 bits per heavy atom. The SMILES string of the molecule is Cc1cccc(OCCOc2ccc(CN)cc2)c1. The molecule has 0 bridgehead atoms. The molecule has 0 amide bonds. The van der Waals surface area contributed by atoms with E-state index in [4.69, 9.17) is 15.2 Å². The molecule has 0 fully saturated rings. The van der Waals surface area contributed by atoms with E-state index in [-0.39, 0.29) is 0 Å². The van der Waals surface area contributed by atoms with Crippen LogP contribution in [0.1, 0.15) is 11.1 Å². The molecular weight excluding hydrogens is 238 g/mol. The van der Waals surface area contributed by atoms with Crippen LogP contribution < -0.4 is 15.2 Å².